The second-order valence-corrected chi connectivity index (χ2v) is 8.64. The Morgan fingerprint density at radius 2 is 2.03 bits per heavy atom. The van der Waals surface area contributed by atoms with Gasteiger partial charge in [0.1, 0.15) is 10.5 Å². The van der Waals surface area contributed by atoms with Crippen molar-refractivity contribution in [2.75, 3.05) is 23.8 Å². The van der Waals surface area contributed by atoms with E-state index in [4.69, 9.17) is 9.26 Å². The Kier molecular flexibility index (Phi) is 6.62. The van der Waals surface area contributed by atoms with Gasteiger partial charge in [0.05, 0.1) is 5.52 Å². The molecule has 4 heterocycles. The monoisotopic (exact) mass is 511 g/mol. The molecule has 36 heavy (non-hydrogen) atoms. The lowest BCUT2D eigenvalue weighted by Gasteiger charge is -2.09. The first-order valence-electron chi connectivity index (χ1n) is 10.9. The van der Waals surface area contributed by atoms with Crippen molar-refractivity contribution in [3.63, 3.8) is 0 Å². The Balaban J connectivity index is 1.23. The van der Waals surface area contributed by atoms with Crippen molar-refractivity contribution in [3.8, 4) is 17.3 Å². The molecule has 5 rings (SSSR count). The minimum atomic E-state index is -2.62. The first kappa shape index (κ1) is 23.5. The van der Waals surface area contributed by atoms with Gasteiger partial charge in [-0.2, -0.15) is 4.98 Å². The van der Waals surface area contributed by atoms with Gasteiger partial charge in [-0.1, -0.05) is 28.6 Å². The summed E-state index contributed by atoms with van der Waals surface area (Å²) in [5.74, 6) is 1.37. The molecule has 184 valence electrons. The summed E-state index contributed by atoms with van der Waals surface area (Å²) in [6.07, 6.45) is 0.629. The van der Waals surface area contributed by atoms with Gasteiger partial charge in [-0.3, -0.25) is 4.79 Å². The maximum atomic E-state index is 12.5. The molecular weight excluding hydrogens is 492 g/mol. The number of carbonyl (C=O) groups excluding carboxylic acids is 1. The molecule has 0 atom stereocenters. The van der Waals surface area contributed by atoms with Gasteiger partial charge >= 0.3 is 0 Å². The minimum Gasteiger partial charge on any atom is -0.471 e. The molecule has 0 saturated carbocycles. The van der Waals surface area contributed by atoms with E-state index in [9.17, 15) is 13.6 Å². The first-order valence-corrected chi connectivity index (χ1v) is 11.7. The number of ether oxygens (including phenoxy) is 1. The second kappa shape index (κ2) is 10.2. The lowest BCUT2D eigenvalue weighted by atomic mass is 10.1. The van der Waals surface area contributed by atoms with Gasteiger partial charge in [0.25, 0.3) is 6.43 Å². The number of thiazole rings is 1. The van der Waals surface area contributed by atoms with Crippen LogP contribution in [0.2, 0.25) is 0 Å². The van der Waals surface area contributed by atoms with Gasteiger partial charge < -0.3 is 19.9 Å². The number of halogens is 2. The number of fused-ring (bicyclic) bond motifs is 2. The highest BCUT2D eigenvalue weighted by Crippen LogP contribution is 2.32. The average Bonchev–Trinajstić information content (AvgIpc) is 3.48. The van der Waals surface area contributed by atoms with Crippen molar-refractivity contribution in [2.45, 2.75) is 19.8 Å². The number of amides is 1. The Morgan fingerprint density at radius 3 is 2.83 bits per heavy atom. The fourth-order valence-electron chi connectivity index (χ4n) is 3.47. The number of aryl methyl sites for hydroxylation is 1. The smallest absolute Gasteiger partial charge is 0.272 e. The summed E-state index contributed by atoms with van der Waals surface area (Å²) in [5.41, 5.74) is 1.29. The summed E-state index contributed by atoms with van der Waals surface area (Å²) in [6, 6.07) is 9.27. The van der Waals surface area contributed by atoms with Crippen LogP contribution in [0.15, 0.2) is 47.2 Å². The number of benzene rings is 1. The van der Waals surface area contributed by atoms with E-state index in [0.29, 0.717) is 39.4 Å². The Labute approximate surface area is 206 Å². The van der Waals surface area contributed by atoms with Crippen LogP contribution in [0.25, 0.3) is 32.4 Å². The zero-order valence-corrected chi connectivity index (χ0v) is 19.7. The van der Waals surface area contributed by atoms with Gasteiger partial charge in [0.15, 0.2) is 11.7 Å². The van der Waals surface area contributed by atoms with E-state index in [1.165, 1.54) is 6.20 Å². The summed E-state index contributed by atoms with van der Waals surface area (Å²) in [7, 11) is 0. The van der Waals surface area contributed by atoms with E-state index in [-0.39, 0.29) is 18.2 Å². The van der Waals surface area contributed by atoms with Crippen molar-refractivity contribution >= 4 is 49.2 Å². The molecule has 13 heteroatoms. The quantitative estimate of drug-likeness (QED) is 0.290. The lowest BCUT2D eigenvalue weighted by molar-refractivity contribution is -0.115. The molecule has 0 aliphatic heterocycles. The van der Waals surface area contributed by atoms with Crippen molar-refractivity contribution in [1.82, 2.24) is 25.1 Å². The summed E-state index contributed by atoms with van der Waals surface area (Å²) >= 11 is 1.11. The molecule has 4 aromatic heterocycles. The maximum Gasteiger partial charge on any atom is 0.272 e. The first-order chi connectivity index (χ1) is 17.5. The van der Waals surface area contributed by atoms with Crippen molar-refractivity contribution in [2.24, 2.45) is 0 Å². The Morgan fingerprint density at radius 1 is 1.17 bits per heavy atom. The molecular formula is C23H19F2N7O3S. The normalized spacial score (nSPS) is 11.3. The molecule has 0 aliphatic carbocycles. The number of nitrogens with zero attached hydrogens (tertiary/aromatic N) is 5. The third-order valence-corrected chi connectivity index (χ3v) is 6.04. The van der Waals surface area contributed by atoms with E-state index < -0.39 is 13.0 Å². The number of pyridine rings is 2. The van der Waals surface area contributed by atoms with Gasteiger partial charge in [-0.25, -0.2) is 23.7 Å². The predicted molar refractivity (Wildman–Crippen MR) is 130 cm³/mol. The number of rotatable bonds is 9. The Hall–Kier alpha value is -4.26. The molecule has 0 saturated heterocycles. The molecule has 5 aromatic rings. The van der Waals surface area contributed by atoms with Crippen LogP contribution in [-0.2, 0) is 4.79 Å². The van der Waals surface area contributed by atoms with Crippen LogP contribution in [0.3, 0.4) is 0 Å². The molecule has 0 unspecified atom stereocenters. The molecule has 0 aliphatic rings. The number of alkyl halides is 2. The number of hydrogen-bond acceptors (Lipinski definition) is 10. The summed E-state index contributed by atoms with van der Waals surface area (Å²) in [4.78, 5) is 29.5. The molecule has 1 aromatic carbocycles. The average molecular weight is 512 g/mol. The number of nitrogens with one attached hydrogen (secondary N) is 2. The fourth-order valence-corrected chi connectivity index (χ4v) is 4.39. The van der Waals surface area contributed by atoms with Gasteiger partial charge in [-0.05, 0) is 23.6 Å². The minimum absolute atomic E-state index is 0.0600. The zero-order valence-electron chi connectivity index (χ0n) is 18.9. The summed E-state index contributed by atoms with van der Waals surface area (Å²) in [5, 5.41) is 12.0. The van der Waals surface area contributed by atoms with Crippen LogP contribution in [0.5, 0.6) is 5.88 Å². The topological polar surface area (TPSA) is 128 Å². The van der Waals surface area contributed by atoms with Gasteiger partial charge in [0, 0.05) is 43.2 Å². The van der Waals surface area contributed by atoms with E-state index in [1.807, 2.05) is 24.3 Å². The molecule has 0 fully saturated rings. The van der Waals surface area contributed by atoms with E-state index >= 15 is 0 Å². The Bertz CT molecular complexity index is 1540. The molecule has 0 bridgehead atoms. The molecule has 0 radical (unpaired) electrons. The molecule has 1 amide bonds. The van der Waals surface area contributed by atoms with Crippen LogP contribution in [-0.4, -0.2) is 50.6 Å². The van der Waals surface area contributed by atoms with E-state index in [2.05, 4.69) is 35.7 Å². The highest BCUT2D eigenvalue weighted by atomic mass is 32.1. The number of carbonyl (C=O) groups is 1. The zero-order chi connectivity index (χ0) is 25.1. The van der Waals surface area contributed by atoms with Crippen LogP contribution >= 0.6 is 11.3 Å². The maximum absolute atomic E-state index is 12.5. The standard InChI is InChI=1S/C23H19F2N7O3S/c1-12-29-20(32-35-12)14-3-2-13-4-7-26-21(15(13)10-14)27-9-6-18(33)31-23-30-16-5-8-28-22(19(16)36-23)34-11-17(24)25/h2-5,7-8,10,17H,6,9,11H2,1H3,(H,26,27)(H,30,31,33). The highest BCUT2D eigenvalue weighted by Gasteiger charge is 2.15. The third-order valence-electron chi connectivity index (χ3n) is 5.06. The van der Waals surface area contributed by atoms with Crippen molar-refractivity contribution in [3.05, 3.63) is 48.6 Å². The fraction of sp³-hybridized carbons (Fsp3) is 0.217. The number of anilines is 2. The van der Waals surface area contributed by atoms with Crippen LogP contribution < -0.4 is 15.4 Å². The lowest BCUT2D eigenvalue weighted by Crippen LogP contribution is -2.16. The third kappa shape index (κ3) is 5.20. The summed E-state index contributed by atoms with van der Waals surface area (Å²) in [6.45, 7) is 1.27. The van der Waals surface area contributed by atoms with Crippen LogP contribution in [0, 0.1) is 6.92 Å². The SMILES string of the molecule is Cc1nc(-c2ccc3ccnc(NCCC(=O)Nc4nc5ccnc(OCC(F)F)c5s4)c3c2)no1. The molecule has 0 spiro atoms. The van der Waals surface area contributed by atoms with Crippen molar-refractivity contribution < 1.29 is 22.8 Å². The largest absolute Gasteiger partial charge is 0.471 e. The van der Waals surface area contributed by atoms with Gasteiger partial charge in [-0.15, -0.1) is 0 Å². The number of hydrogen-bond donors (Lipinski definition) is 2. The number of aromatic nitrogens is 5. The molecule has 10 nitrogen and oxygen atoms in total. The van der Waals surface area contributed by atoms with Crippen LogP contribution in [0.4, 0.5) is 19.7 Å². The van der Waals surface area contributed by atoms with Crippen LogP contribution in [0.1, 0.15) is 12.3 Å². The van der Waals surface area contributed by atoms with E-state index in [1.54, 1.807) is 19.2 Å². The highest BCUT2D eigenvalue weighted by molar-refractivity contribution is 7.22. The van der Waals surface area contributed by atoms with E-state index in [0.717, 1.165) is 27.7 Å². The summed E-state index contributed by atoms with van der Waals surface area (Å²) < 4.78 is 35.6. The molecule has 2 N–H and O–H groups in total. The van der Waals surface area contributed by atoms with Gasteiger partial charge in [0.2, 0.25) is 23.5 Å². The second-order valence-electron chi connectivity index (χ2n) is 7.64. The predicted octanol–water partition coefficient (Wildman–Crippen LogP) is 4.68. The van der Waals surface area contributed by atoms with Crippen molar-refractivity contribution in [1.29, 1.82) is 0 Å².